The van der Waals surface area contributed by atoms with Gasteiger partial charge in [-0.1, -0.05) is 6.07 Å². The molecule has 14 heavy (non-hydrogen) atoms. The van der Waals surface area contributed by atoms with Crippen molar-refractivity contribution in [2.45, 2.75) is 18.9 Å². The number of hydrogen-bond acceptors (Lipinski definition) is 4. The summed E-state index contributed by atoms with van der Waals surface area (Å²) >= 11 is 0. The standard InChI is InChI=1S/C10H13N3O/c11-10-2-1-7(6-13-10)9-5-8(14)3-4-12-9/h1-2,6,9,12H,3-5H2,(H2,11,13). The van der Waals surface area contributed by atoms with Gasteiger partial charge < -0.3 is 11.1 Å². The summed E-state index contributed by atoms with van der Waals surface area (Å²) in [5.74, 6) is 0.821. The number of carbonyl (C=O) groups is 1. The molecule has 0 amide bonds. The van der Waals surface area contributed by atoms with Crippen LogP contribution in [0.5, 0.6) is 0 Å². The average Bonchev–Trinajstić information content (AvgIpc) is 2.19. The molecule has 1 aromatic rings. The van der Waals surface area contributed by atoms with E-state index in [0.29, 0.717) is 24.4 Å². The van der Waals surface area contributed by atoms with Gasteiger partial charge in [-0.2, -0.15) is 0 Å². The molecule has 1 aliphatic heterocycles. The van der Waals surface area contributed by atoms with Gasteiger partial charge in [0, 0.05) is 31.6 Å². The summed E-state index contributed by atoms with van der Waals surface area (Å²) < 4.78 is 0. The smallest absolute Gasteiger partial charge is 0.136 e. The van der Waals surface area contributed by atoms with E-state index in [1.165, 1.54) is 0 Å². The molecule has 0 bridgehead atoms. The Kier molecular flexibility index (Phi) is 2.45. The molecular weight excluding hydrogens is 178 g/mol. The van der Waals surface area contributed by atoms with Gasteiger partial charge in [0.1, 0.15) is 11.6 Å². The van der Waals surface area contributed by atoms with Crippen molar-refractivity contribution in [3.05, 3.63) is 23.9 Å². The number of carbonyl (C=O) groups excluding carboxylic acids is 1. The Hall–Kier alpha value is -1.42. The lowest BCUT2D eigenvalue weighted by Gasteiger charge is -2.22. The van der Waals surface area contributed by atoms with Gasteiger partial charge in [-0.25, -0.2) is 4.98 Å². The number of ketones is 1. The van der Waals surface area contributed by atoms with E-state index in [9.17, 15) is 4.79 Å². The van der Waals surface area contributed by atoms with E-state index in [4.69, 9.17) is 5.73 Å². The second kappa shape index (κ2) is 3.75. The van der Waals surface area contributed by atoms with Crippen molar-refractivity contribution in [3.63, 3.8) is 0 Å². The van der Waals surface area contributed by atoms with E-state index < -0.39 is 0 Å². The predicted octanol–water partition coefficient (Wildman–Crippen LogP) is 0.657. The first-order valence-electron chi connectivity index (χ1n) is 4.72. The minimum Gasteiger partial charge on any atom is -0.384 e. The zero-order valence-corrected chi connectivity index (χ0v) is 7.86. The highest BCUT2D eigenvalue weighted by molar-refractivity contribution is 5.80. The zero-order valence-electron chi connectivity index (χ0n) is 7.86. The first-order valence-corrected chi connectivity index (χ1v) is 4.72. The van der Waals surface area contributed by atoms with Crippen LogP contribution in [-0.2, 0) is 4.79 Å². The number of piperidine rings is 1. The minimum absolute atomic E-state index is 0.115. The van der Waals surface area contributed by atoms with E-state index in [-0.39, 0.29) is 6.04 Å². The number of Topliss-reactive ketones (excluding diaryl/α,β-unsaturated/α-hetero) is 1. The Morgan fingerprint density at radius 2 is 2.36 bits per heavy atom. The van der Waals surface area contributed by atoms with Gasteiger partial charge in [0.25, 0.3) is 0 Å². The van der Waals surface area contributed by atoms with Gasteiger partial charge in [-0.3, -0.25) is 4.79 Å². The number of aromatic nitrogens is 1. The van der Waals surface area contributed by atoms with Gasteiger partial charge in [-0.15, -0.1) is 0 Å². The number of rotatable bonds is 1. The number of nitrogens with two attached hydrogens (primary N) is 1. The van der Waals surface area contributed by atoms with Gasteiger partial charge >= 0.3 is 0 Å². The molecule has 74 valence electrons. The predicted molar refractivity (Wildman–Crippen MR) is 53.6 cm³/mol. The summed E-state index contributed by atoms with van der Waals surface area (Å²) in [6.07, 6.45) is 2.93. The van der Waals surface area contributed by atoms with Crippen molar-refractivity contribution in [3.8, 4) is 0 Å². The third-order valence-electron chi connectivity index (χ3n) is 2.44. The van der Waals surface area contributed by atoms with Gasteiger partial charge in [-0.05, 0) is 11.6 Å². The Morgan fingerprint density at radius 3 is 3.00 bits per heavy atom. The van der Waals surface area contributed by atoms with Crippen LogP contribution in [0.3, 0.4) is 0 Å². The summed E-state index contributed by atoms with van der Waals surface area (Å²) in [5, 5.41) is 3.28. The van der Waals surface area contributed by atoms with Gasteiger partial charge in [0.2, 0.25) is 0 Å². The first-order chi connectivity index (χ1) is 6.75. The molecule has 2 rings (SSSR count). The number of pyridine rings is 1. The molecule has 0 aromatic carbocycles. The fraction of sp³-hybridized carbons (Fsp3) is 0.400. The number of nitrogen functional groups attached to an aromatic ring is 1. The molecular formula is C10H13N3O. The van der Waals surface area contributed by atoms with Crippen LogP contribution in [0.2, 0.25) is 0 Å². The molecule has 0 aliphatic carbocycles. The molecule has 1 unspecified atom stereocenters. The SMILES string of the molecule is Nc1ccc(C2CC(=O)CCN2)cn1. The van der Waals surface area contributed by atoms with Crippen molar-refractivity contribution in [2.75, 3.05) is 12.3 Å². The van der Waals surface area contributed by atoms with Gasteiger partial charge in [0.05, 0.1) is 0 Å². The highest BCUT2D eigenvalue weighted by atomic mass is 16.1. The monoisotopic (exact) mass is 191 g/mol. The molecule has 4 nitrogen and oxygen atoms in total. The fourth-order valence-electron chi connectivity index (χ4n) is 1.65. The maximum absolute atomic E-state index is 11.2. The number of anilines is 1. The second-order valence-electron chi connectivity index (χ2n) is 3.52. The Labute approximate surface area is 82.5 Å². The van der Waals surface area contributed by atoms with E-state index in [1.807, 2.05) is 6.07 Å². The molecule has 1 aliphatic rings. The summed E-state index contributed by atoms with van der Waals surface area (Å²) in [6.45, 7) is 0.758. The maximum atomic E-state index is 11.2. The summed E-state index contributed by atoms with van der Waals surface area (Å²) in [5.41, 5.74) is 6.52. The van der Waals surface area contributed by atoms with E-state index in [2.05, 4.69) is 10.3 Å². The highest BCUT2D eigenvalue weighted by Crippen LogP contribution is 2.20. The third kappa shape index (κ3) is 1.90. The molecule has 0 saturated carbocycles. The summed E-state index contributed by atoms with van der Waals surface area (Å²) in [6, 6.07) is 3.79. The van der Waals surface area contributed by atoms with Crippen LogP contribution in [0.15, 0.2) is 18.3 Å². The lowest BCUT2D eigenvalue weighted by molar-refractivity contribution is -0.120. The molecule has 4 heteroatoms. The summed E-state index contributed by atoms with van der Waals surface area (Å²) in [4.78, 5) is 15.2. The lowest BCUT2D eigenvalue weighted by Crippen LogP contribution is -2.31. The topological polar surface area (TPSA) is 68.0 Å². The molecule has 1 fully saturated rings. The van der Waals surface area contributed by atoms with E-state index >= 15 is 0 Å². The maximum Gasteiger partial charge on any atom is 0.136 e. The minimum atomic E-state index is 0.115. The molecule has 0 spiro atoms. The quantitative estimate of drug-likeness (QED) is 0.684. The molecule has 1 aromatic heterocycles. The van der Waals surface area contributed by atoms with Crippen LogP contribution in [0.25, 0.3) is 0 Å². The number of hydrogen-bond donors (Lipinski definition) is 2. The van der Waals surface area contributed by atoms with Crippen molar-refractivity contribution < 1.29 is 4.79 Å². The van der Waals surface area contributed by atoms with Crippen molar-refractivity contribution >= 4 is 11.6 Å². The van der Waals surface area contributed by atoms with E-state index in [0.717, 1.165) is 12.1 Å². The van der Waals surface area contributed by atoms with Crippen molar-refractivity contribution in [1.29, 1.82) is 0 Å². The van der Waals surface area contributed by atoms with Crippen LogP contribution < -0.4 is 11.1 Å². The number of nitrogens with zero attached hydrogens (tertiary/aromatic N) is 1. The zero-order chi connectivity index (χ0) is 9.97. The second-order valence-corrected chi connectivity index (χ2v) is 3.52. The van der Waals surface area contributed by atoms with Crippen LogP contribution in [-0.4, -0.2) is 17.3 Å². The van der Waals surface area contributed by atoms with Crippen LogP contribution in [0.1, 0.15) is 24.4 Å². The summed E-state index contributed by atoms with van der Waals surface area (Å²) in [7, 11) is 0. The van der Waals surface area contributed by atoms with Crippen molar-refractivity contribution in [2.24, 2.45) is 0 Å². The largest absolute Gasteiger partial charge is 0.384 e. The van der Waals surface area contributed by atoms with Gasteiger partial charge in [0.15, 0.2) is 0 Å². The van der Waals surface area contributed by atoms with Crippen molar-refractivity contribution in [1.82, 2.24) is 10.3 Å². The molecule has 3 N–H and O–H groups in total. The molecule has 0 radical (unpaired) electrons. The first kappa shape index (κ1) is 9.15. The normalized spacial score (nSPS) is 22.3. The molecule has 1 atom stereocenters. The lowest BCUT2D eigenvalue weighted by atomic mass is 9.98. The Bertz CT molecular complexity index is 334. The Morgan fingerprint density at radius 1 is 1.50 bits per heavy atom. The Balaban J connectivity index is 2.14. The highest BCUT2D eigenvalue weighted by Gasteiger charge is 2.20. The fourth-order valence-corrected chi connectivity index (χ4v) is 1.65. The third-order valence-corrected chi connectivity index (χ3v) is 2.44. The van der Waals surface area contributed by atoms with Crippen LogP contribution in [0, 0.1) is 0 Å². The average molecular weight is 191 g/mol. The van der Waals surface area contributed by atoms with Crippen LogP contribution >= 0.6 is 0 Å². The van der Waals surface area contributed by atoms with E-state index in [1.54, 1.807) is 12.3 Å². The number of nitrogens with one attached hydrogen (secondary N) is 1. The molecule has 2 heterocycles. The molecule has 1 saturated heterocycles. The van der Waals surface area contributed by atoms with Crippen LogP contribution in [0.4, 0.5) is 5.82 Å².